The molecule has 7 heteroatoms. The summed E-state index contributed by atoms with van der Waals surface area (Å²) in [4.78, 5) is 24.2. The minimum absolute atomic E-state index is 0.140. The van der Waals surface area contributed by atoms with Crippen molar-refractivity contribution in [3.8, 4) is 5.88 Å². The number of carbonyl (C=O) groups excluding carboxylic acids is 1. The first-order valence-electron chi connectivity index (χ1n) is 12.8. The number of aromatic nitrogens is 2. The fraction of sp³-hybridized carbons (Fsp3) is 0.464. The van der Waals surface area contributed by atoms with Gasteiger partial charge in [-0.3, -0.25) is 9.78 Å². The Labute approximate surface area is 206 Å². The number of rotatable bonds is 9. The van der Waals surface area contributed by atoms with E-state index in [-0.39, 0.29) is 5.91 Å². The topological polar surface area (TPSA) is 79.4 Å². The molecule has 3 heterocycles. The Morgan fingerprint density at radius 3 is 2.74 bits per heavy atom. The molecule has 3 fully saturated rings. The molecule has 6 rings (SSSR count). The zero-order valence-corrected chi connectivity index (χ0v) is 20.3. The van der Waals surface area contributed by atoms with Crippen LogP contribution in [0.3, 0.4) is 0 Å². The molecule has 1 aromatic carbocycles. The Kier molecular flexibility index (Phi) is 6.02. The first-order valence-corrected chi connectivity index (χ1v) is 12.8. The van der Waals surface area contributed by atoms with Gasteiger partial charge in [0.05, 0.1) is 36.8 Å². The van der Waals surface area contributed by atoms with Crippen molar-refractivity contribution in [2.75, 3.05) is 31.6 Å². The lowest BCUT2D eigenvalue weighted by Crippen LogP contribution is -2.26. The van der Waals surface area contributed by atoms with Gasteiger partial charge in [0, 0.05) is 31.2 Å². The van der Waals surface area contributed by atoms with Gasteiger partial charge in [0.2, 0.25) is 5.88 Å². The molecule has 2 atom stereocenters. The van der Waals surface area contributed by atoms with Crippen molar-refractivity contribution in [2.24, 2.45) is 17.8 Å². The fourth-order valence-corrected chi connectivity index (χ4v) is 5.41. The van der Waals surface area contributed by atoms with E-state index in [1.165, 1.54) is 31.2 Å². The van der Waals surface area contributed by atoms with Gasteiger partial charge in [0.1, 0.15) is 0 Å². The maximum absolute atomic E-state index is 12.9. The number of hydrogen-bond acceptors (Lipinski definition) is 6. The fourth-order valence-electron chi connectivity index (χ4n) is 5.41. The summed E-state index contributed by atoms with van der Waals surface area (Å²) in [6, 6.07) is 10.4. The number of fused-ring (bicyclic) bond motifs is 2. The maximum Gasteiger partial charge on any atom is 0.253 e. The molecule has 3 aromatic rings. The SMILES string of the molecule is COc1nc(CNC(=O)c2cncc(N3CC4CC4C3)c2)cc2cc(CNCC3CCC3)ccc12. The van der Waals surface area contributed by atoms with E-state index in [9.17, 15) is 4.79 Å². The van der Waals surface area contributed by atoms with Crippen LogP contribution in [0, 0.1) is 17.8 Å². The van der Waals surface area contributed by atoms with Crippen molar-refractivity contribution in [3.05, 3.63) is 59.5 Å². The van der Waals surface area contributed by atoms with E-state index >= 15 is 0 Å². The third kappa shape index (κ3) is 4.82. The summed E-state index contributed by atoms with van der Waals surface area (Å²) in [5.74, 6) is 2.95. The Balaban J connectivity index is 1.13. The lowest BCUT2D eigenvalue weighted by atomic mass is 9.85. The molecule has 2 aromatic heterocycles. The molecule has 2 aliphatic carbocycles. The highest BCUT2D eigenvalue weighted by molar-refractivity contribution is 5.95. The van der Waals surface area contributed by atoms with E-state index in [0.717, 1.165) is 66.1 Å². The van der Waals surface area contributed by atoms with E-state index in [0.29, 0.717) is 18.0 Å². The van der Waals surface area contributed by atoms with Crippen LogP contribution in [0.4, 0.5) is 5.69 Å². The van der Waals surface area contributed by atoms with Gasteiger partial charge in [-0.1, -0.05) is 12.5 Å². The van der Waals surface area contributed by atoms with Gasteiger partial charge in [-0.05, 0) is 78.8 Å². The molecule has 2 N–H and O–H groups in total. The number of hydrogen-bond donors (Lipinski definition) is 2. The number of nitrogens with one attached hydrogen (secondary N) is 2. The second-order valence-electron chi connectivity index (χ2n) is 10.4. The summed E-state index contributed by atoms with van der Waals surface area (Å²) in [6.45, 7) is 4.43. The Morgan fingerprint density at radius 2 is 1.97 bits per heavy atom. The lowest BCUT2D eigenvalue weighted by molar-refractivity contribution is 0.0950. The minimum Gasteiger partial charge on any atom is -0.481 e. The molecular weight excluding hydrogens is 438 g/mol. The highest BCUT2D eigenvalue weighted by Gasteiger charge is 2.45. The van der Waals surface area contributed by atoms with E-state index in [2.05, 4.69) is 43.7 Å². The third-order valence-corrected chi connectivity index (χ3v) is 7.85. The lowest BCUT2D eigenvalue weighted by Gasteiger charge is -2.25. The average molecular weight is 472 g/mol. The number of anilines is 1. The molecular formula is C28H33N5O2. The number of benzene rings is 1. The van der Waals surface area contributed by atoms with Crippen LogP contribution in [-0.4, -0.2) is 42.6 Å². The van der Waals surface area contributed by atoms with Gasteiger partial charge in [0.25, 0.3) is 5.91 Å². The van der Waals surface area contributed by atoms with Crippen LogP contribution >= 0.6 is 0 Å². The number of carbonyl (C=O) groups is 1. The minimum atomic E-state index is -0.140. The van der Waals surface area contributed by atoms with E-state index in [1.807, 2.05) is 18.3 Å². The van der Waals surface area contributed by atoms with E-state index in [4.69, 9.17) is 4.74 Å². The quantitative estimate of drug-likeness (QED) is 0.493. The molecule has 0 spiro atoms. The van der Waals surface area contributed by atoms with Crippen molar-refractivity contribution in [1.29, 1.82) is 0 Å². The third-order valence-electron chi connectivity index (χ3n) is 7.85. The summed E-state index contributed by atoms with van der Waals surface area (Å²) >= 11 is 0. The van der Waals surface area contributed by atoms with Crippen molar-refractivity contribution in [2.45, 2.75) is 38.8 Å². The predicted molar refractivity (Wildman–Crippen MR) is 137 cm³/mol. The van der Waals surface area contributed by atoms with Crippen molar-refractivity contribution < 1.29 is 9.53 Å². The van der Waals surface area contributed by atoms with Gasteiger partial charge in [0.15, 0.2) is 0 Å². The molecule has 1 saturated heterocycles. The number of nitrogens with zero attached hydrogens (tertiary/aromatic N) is 3. The van der Waals surface area contributed by atoms with E-state index < -0.39 is 0 Å². The summed E-state index contributed by atoms with van der Waals surface area (Å²) in [5.41, 5.74) is 3.62. The zero-order chi connectivity index (χ0) is 23.8. The van der Waals surface area contributed by atoms with Gasteiger partial charge in [-0.25, -0.2) is 4.98 Å². The number of piperidine rings is 1. The molecule has 35 heavy (non-hydrogen) atoms. The van der Waals surface area contributed by atoms with Crippen molar-refractivity contribution in [3.63, 3.8) is 0 Å². The highest BCUT2D eigenvalue weighted by Crippen LogP contribution is 2.46. The molecule has 2 saturated carbocycles. The van der Waals surface area contributed by atoms with E-state index in [1.54, 1.807) is 13.3 Å². The number of pyridine rings is 2. The number of ether oxygens (including phenoxy) is 1. The van der Waals surface area contributed by atoms with Crippen LogP contribution < -0.4 is 20.3 Å². The summed E-state index contributed by atoms with van der Waals surface area (Å²) in [5, 5.41) is 8.65. The number of methoxy groups -OCH3 is 1. The highest BCUT2D eigenvalue weighted by atomic mass is 16.5. The second kappa shape index (κ2) is 9.46. The predicted octanol–water partition coefficient (Wildman–Crippen LogP) is 3.91. The van der Waals surface area contributed by atoms with Crippen LogP contribution in [0.25, 0.3) is 10.8 Å². The molecule has 1 amide bonds. The largest absolute Gasteiger partial charge is 0.481 e. The van der Waals surface area contributed by atoms with Gasteiger partial charge in [-0.2, -0.15) is 0 Å². The standard InChI is InChI=1S/C28H33N5O2/c1-35-28-26-6-5-19(12-29-11-18-3-2-4-18)7-20(26)9-24(32-28)14-31-27(34)21-10-25(15-30-13-21)33-16-22-8-23(22)17-33/h5-7,9-10,13,15,18,22-23,29H,2-4,8,11-12,14,16-17H2,1H3,(H,31,34). The molecule has 3 aliphatic rings. The molecule has 182 valence electrons. The average Bonchev–Trinajstić information content (AvgIpc) is 3.47. The Bertz CT molecular complexity index is 1230. The van der Waals surface area contributed by atoms with Gasteiger partial charge >= 0.3 is 0 Å². The van der Waals surface area contributed by atoms with Crippen LogP contribution in [0.5, 0.6) is 5.88 Å². The van der Waals surface area contributed by atoms with Gasteiger partial charge in [-0.15, -0.1) is 0 Å². The first kappa shape index (κ1) is 22.3. The van der Waals surface area contributed by atoms with Crippen LogP contribution in [0.15, 0.2) is 42.7 Å². The van der Waals surface area contributed by atoms with Crippen molar-refractivity contribution in [1.82, 2.24) is 20.6 Å². The molecule has 7 nitrogen and oxygen atoms in total. The first-order chi connectivity index (χ1) is 17.2. The molecule has 0 bridgehead atoms. The van der Waals surface area contributed by atoms with Crippen molar-refractivity contribution >= 4 is 22.4 Å². The summed E-state index contributed by atoms with van der Waals surface area (Å²) in [6.07, 6.45) is 8.91. The maximum atomic E-state index is 12.9. The molecule has 2 unspecified atom stereocenters. The zero-order valence-electron chi connectivity index (χ0n) is 20.3. The van der Waals surface area contributed by atoms with Crippen LogP contribution in [0.2, 0.25) is 0 Å². The van der Waals surface area contributed by atoms with Crippen LogP contribution in [-0.2, 0) is 13.1 Å². The normalized spacial score (nSPS) is 21.0. The van der Waals surface area contributed by atoms with Crippen LogP contribution in [0.1, 0.15) is 47.3 Å². The summed E-state index contributed by atoms with van der Waals surface area (Å²) in [7, 11) is 1.64. The summed E-state index contributed by atoms with van der Waals surface area (Å²) < 4.78 is 5.56. The second-order valence-corrected chi connectivity index (χ2v) is 10.4. The Morgan fingerprint density at radius 1 is 1.11 bits per heavy atom. The molecule has 1 aliphatic heterocycles. The smallest absolute Gasteiger partial charge is 0.253 e. The Hall–Kier alpha value is -3.19. The number of amides is 1. The van der Waals surface area contributed by atoms with Gasteiger partial charge < -0.3 is 20.3 Å². The molecule has 0 radical (unpaired) electrons. The monoisotopic (exact) mass is 471 g/mol.